The lowest BCUT2D eigenvalue weighted by Gasteiger charge is -2.15. The molecule has 0 bridgehead atoms. The molecule has 2 nitrogen and oxygen atoms in total. The van der Waals surface area contributed by atoms with Gasteiger partial charge in [0.15, 0.2) is 0 Å². The van der Waals surface area contributed by atoms with Gasteiger partial charge in [0, 0.05) is 12.5 Å². The first kappa shape index (κ1) is 11.2. The van der Waals surface area contributed by atoms with E-state index in [-0.39, 0.29) is 6.10 Å². The van der Waals surface area contributed by atoms with Crippen LogP contribution in [0.3, 0.4) is 0 Å². The fraction of sp³-hybridized carbons (Fsp3) is 0.154. The lowest BCUT2D eigenvalue weighted by molar-refractivity contribution is -0.143. The summed E-state index contributed by atoms with van der Waals surface area (Å²) in [7, 11) is 0. The molecule has 0 aliphatic carbocycles. The second kappa shape index (κ2) is 5.81. The van der Waals surface area contributed by atoms with E-state index in [1.54, 1.807) is 6.08 Å². The molecule has 1 atom stereocenters. The summed E-state index contributed by atoms with van der Waals surface area (Å²) in [4.78, 5) is 11.1. The van der Waals surface area contributed by atoms with Crippen LogP contribution in [0.1, 0.15) is 18.1 Å². The zero-order valence-corrected chi connectivity index (χ0v) is 8.56. The van der Waals surface area contributed by atoms with Crippen LogP contribution in [-0.4, -0.2) is 5.97 Å². The molecule has 0 aliphatic heterocycles. The maximum atomic E-state index is 11.1. The highest BCUT2D eigenvalue weighted by Crippen LogP contribution is 2.21. The maximum absolute atomic E-state index is 11.1. The molecule has 2 heteroatoms. The molecule has 0 aliphatic rings. The van der Waals surface area contributed by atoms with Gasteiger partial charge in [-0.25, -0.2) is 4.79 Å². The van der Waals surface area contributed by atoms with Crippen LogP contribution in [-0.2, 0) is 9.53 Å². The number of rotatable bonds is 5. The Hall–Kier alpha value is -1.83. The van der Waals surface area contributed by atoms with Gasteiger partial charge >= 0.3 is 5.97 Å². The van der Waals surface area contributed by atoms with Gasteiger partial charge in [0.2, 0.25) is 0 Å². The van der Waals surface area contributed by atoms with Crippen molar-refractivity contribution in [1.29, 1.82) is 0 Å². The number of carbonyl (C=O) groups is 1. The van der Waals surface area contributed by atoms with E-state index in [0.717, 1.165) is 5.56 Å². The molecule has 0 saturated heterocycles. The smallest absolute Gasteiger partial charge is 0.330 e. The minimum atomic E-state index is -0.411. The molecule has 0 heterocycles. The Labute approximate surface area is 89.9 Å². The van der Waals surface area contributed by atoms with Crippen LogP contribution in [0.2, 0.25) is 0 Å². The molecular formula is C13H14O2. The van der Waals surface area contributed by atoms with Gasteiger partial charge in [-0.05, 0) is 5.56 Å². The number of hydrogen-bond donors (Lipinski definition) is 0. The van der Waals surface area contributed by atoms with E-state index < -0.39 is 5.97 Å². The molecule has 1 aromatic carbocycles. The lowest BCUT2D eigenvalue weighted by atomic mass is 10.1. The summed E-state index contributed by atoms with van der Waals surface area (Å²) in [6, 6.07) is 9.58. The van der Waals surface area contributed by atoms with E-state index in [9.17, 15) is 4.79 Å². The lowest BCUT2D eigenvalue weighted by Crippen LogP contribution is -2.08. The van der Waals surface area contributed by atoms with Crippen molar-refractivity contribution in [2.75, 3.05) is 0 Å². The Morgan fingerprint density at radius 3 is 2.53 bits per heavy atom. The van der Waals surface area contributed by atoms with Gasteiger partial charge < -0.3 is 4.74 Å². The summed E-state index contributed by atoms with van der Waals surface area (Å²) in [5.74, 6) is -0.411. The van der Waals surface area contributed by atoms with Gasteiger partial charge in [-0.1, -0.05) is 43.0 Å². The Balaban J connectivity index is 2.78. The number of ether oxygens (including phenoxy) is 1. The zero-order chi connectivity index (χ0) is 11.1. The van der Waals surface area contributed by atoms with Gasteiger partial charge in [-0.3, -0.25) is 0 Å². The third kappa shape index (κ3) is 3.43. The molecule has 0 aromatic heterocycles. The third-order valence-corrected chi connectivity index (χ3v) is 1.98. The first-order valence-corrected chi connectivity index (χ1v) is 4.76. The number of hydrogen-bond acceptors (Lipinski definition) is 2. The van der Waals surface area contributed by atoms with Gasteiger partial charge in [0.1, 0.15) is 6.10 Å². The van der Waals surface area contributed by atoms with E-state index in [2.05, 4.69) is 13.2 Å². The maximum Gasteiger partial charge on any atom is 0.330 e. The van der Waals surface area contributed by atoms with Crippen LogP contribution in [0.5, 0.6) is 0 Å². The van der Waals surface area contributed by atoms with Crippen molar-refractivity contribution in [3.05, 3.63) is 61.2 Å². The van der Waals surface area contributed by atoms with Crippen molar-refractivity contribution in [1.82, 2.24) is 0 Å². The predicted octanol–water partition coefficient (Wildman–Crippen LogP) is 3.03. The molecule has 0 radical (unpaired) electrons. The minimum Gasteiger partial charge on any atom is -0.454 e. The van der Waals surface area contributed by atoms with Gasteiger partial charge in [-0.15, -0.1) is 6.58 Å². The fourth-order valence-electron chi connectivity index (χ4n) is 1.26. The zero-order valence-electron chi connectivity index (χ0n) is 8.56. The van der Waals surface area contributed by atoms with Crippen LogP contribution in [0.4, 0.5) is 0 Å². The topological polar surface area (TPSA) is 26.3 Å². The second-order valence-electron chi connectivity index (χ2n) is 3.06. The van der Waals surface area contributed by atoms with Crippen LogP contribution in [0.15, 0.2) is 55.6 Å². The molecule has 0 spiro atoms. The Morgan fingerprint density at radius 1 is 1.33 bits per heavy atom. The van der Waals surface area contributed by atoms with Crippen LogP contribution in [0, 0.1) is 0 Å². The predicted molar refractivity (Wildman–Crippen MR) is 60.3 cm³/mol. The molecule has 0 fully saturated rings. The van der Waals surface area contributed by atoms with Crippen LogP contribution >= 0.6 is 0 Å². The summed E-state index contributed by atoms with van der Waals surface area (Å²) in [6.45, 7) is 7.01. The van der Waals surface area contributed by atoms with Gasteiger partial charge in [0.05, 0.1) is 0 Å². The van der Waals surface area contributed by atoms with E-state index in [1.165, 1.54) is 6.08 Å². The SMILES string of the molecule is C=CC[C@H](OC(=O)C=C)c1ccccc1. The third-order valence-electron chi connectivity index (χ3n) is 1.98. The number of benzene rings is 1. The highest BCUT2D eigenvalue weighted by Gasteiger charge is 2.12. The molecule has 0 saturated carbocycles. The van der Waals surface area contributed by atoms with E-state index in [4.69, 9.17) is 4.74 Å². The Morgan fingerprint density at radius 2 is 2.00 bits per heavy atom. The molecule has 0 amide bonds. The Kier molecular flexibility index (Phi) is 4.35. The fourth-order valence-corrected chi connectivity index (χ4v) is 1.26. The van der Waals surface area contributed by atoms with Crippen LogP contribution in [0.25, 0.3) is 0 Å². The first-order chi connectivity index (χ1) is 7.27. The summed E-state index contributed by atoms with van der Waals surface area (Å²) >= 11 is 0. The average Bonchev–Trinajstić information content (AvgIpc) is 2.29. The molecule has 1 rings (SSSR count). The highest BCUT2D eigenvalue weighted by molar-refractivity contribution is 5.81. The number of carbonyl (C=O) groups excluding carboxylic acids is 1. The van der Waals surface area contributed by atoms with Crippen molar-refractivity contribution >= 4 is 5.97 Å². The Bertz CT molecular complexity index is 341. The molecule has 0 unspecified atom stereocenters. The van der Waals surface area contributed by atoms with Gasteiger partial charge in [0.25, 0.3) is 0 Å². The second-order valence-corrected chi connectivity index (χ2v) is 3.06. The van der Waals surface area contributed by atoms with E-state index in [0.29, 0.717) is 6.42 Å². The van der Waals surface area contributed by atoms with Crippen molar-refractivity contribution < 1.29 is 9.53 Å². The highest BCUT2D eigenvalue weighted by atomic mass is 16.5. The first-order valence-electron chi connectivity index (χ1n) is 4.76. The average molecular weight is 202 g/mol. The molecular weight excluding hydrogens is 188 g/mol. The monoisotopic (exact) mass is 202 g/mol. The number of esters is 1. The quantitative estimate of drug-likeness (QED) is 0.417. The van der Waals surface area contributed by atoms with Crippen molar-refractivity contribution in [2.45, 2.75) is 12.5 Å². The van der Waals surface area contributed by atoms with Crippen molar-refractivity contribution in [3.63, 3.8) is 0 Å². The summed E-state index contributed by atoms with van der Waals surface area (Å²) in [5.41, 5.74) is 0.965. The largest absolute Gasteiger partial charge is 0.454 e. The van der Waals surface area contributed by atoms with E-state index in [1.807, 2.05) is 30.3 Å². The standard InChI is InChI=1S/C13H14O2/c1-3-8-12(15-13(14)4-2)11-9-6-5-7-10-11/h3-7,9-10,12H,1-2,8H2/t12-/m0/s1. The van der Waals surface area contributed by atoms with Gasteiger partial charge in [-0.2, -0.15) is 0 Å². The summed E-state index contributed by atoms with van der Waals surface area (Å²) < 4.78 is 5.20. The van der Waals surface area contributed by atoms with E-state index >= 15 is 0 Å². The van der Waals surface area contributed by atoms with Crippen LogP contribution < -0.4 is 0 Å². The molecule has 0 N–H and O–H groups in total. The summed E-state index contributed by atoms with van der Waals surface area (Å²) in [5, 5.41) is 0. The molecule has 1 aromatic rings. The van der Waals surface area contributed by atoms with Crippen molar-refractivity contribution in [2.24, 2.45) is 0 Å². The van der Waals surface area contributed by atoms with Crippen molar-refractivity contribution in [3.8, 4) is 0 Å². The normalized spacial score (nSPS) is 11.5. The molecule has 15 heavy (non-hydrogen) atoms. The summed E-state index contributed by atoms with van der Waals surface area (Å²) in [6.07, 6.45) is 3.23. The molecule has 78 valence electrons. The minimum absolute atomic E-state index is 0.269.